The van der Waals surface area contributed by atoms with Crippen LogP contribution in [0.3, 0.4) is 0 Å². The molecule has 2 unspecified atom stereocenters. The molecule has 2 aliphatic heterocycles. The Hall–Kier alpha value is -2.75. The minimum atomic E-state index is 0.366. The van der Waals surface area contributed by atoms with Crippen molar-refractivity contribution in [2.75, 3.05) is 31.5 Å². The average Bonchev–Trinajstić information content (AvgIpc) is 3.28. The fraction of sp³-hybridized carbons (Fsp3) is 0.417. The quantitative estimate of drug-likeness (QED) is 0.331. The lowest BCUT2D eigenvalue weighted by molar-refractivity contribution is 0.307. The van der Waals surface area contributed by atoms with Crippen LogP contribution in [0.5, 0.6) is 0 Å². The van der Waals surface area contributed by atoms with Gasteiger partial charge in [0.15, 0.2) is 5.82 Å². The molecular weight excluding hydrogens is 432 g/mol. The lowest BCUT2D eigenvalue weighted by Gasteiger charge is -2.17. The molecule has 4 heterocycles. The second-order valence-corrected chi connectivity index (χ2v) is 10.4. The van der Waals surface area contributed by atoms with E-state index in [0.29, 0.717) is 16.0 Å². The van der Waals surface area contributed by atoms with E-state index in [-0.39, 0.29) is 0 Å². The number of hydrogen-bond donors (Lipinski definition) is 4. The summed E-state index contributed by atoms with van der Waals surface area (Å²) >= 11 is 1.27. The number of nitrogens with zero attached hydrogens (tertiary/aromatic N) is 4. The number of aromatic nitrogens is 3. The normalized spacial score (nSPS) is 22.5. The minimum absolute atomic E-state index is 0.366. The van der Waals surface area contributed by atoms with Crippen molar-refractivity contribution in [2.24, 2.45) is 17.8 Å². The third-order valence-electron chi connectivity index (χ3n) is 6.94. The van der Waals surface area contributed by atoms with Crippen LogP contribution in [0.25, 0.3) is 5.52 Å². The smallest absolute Gasteiger partial charge is 0.158 e. The van der Waals surface area contributed by atoms with Crippen LogP contribution in [0.1, 0.15) is 24.0 Å². The topological polar surface area (TPSA) is 105 Å². The molecule has 0 bridgehead atoms. The van der Waals surface area contributed by atoms with E-state index in [0.717, 1.165) is 80.0 Å². The highest BCUT2D eigenvalue weighted by Crippen LogP contribution is 2.35. The van der Waals surface area contributed by atoms with E-state index in [2.05, 4.69) is 31.7 Å². The third-order valence-corrected chi connectivity index (χ3v) is 7.94. The predicted molar refractivity (Wildman–Crippen MR) is 133 cm³/mol. The molecule has 3 fully saturated rings. The Kier molecular flexibility index (Phi) is 5.40. The highest BCUT2D eigenvalue weighted by molar-refractivity contribution is 8.26. The Balaban J connectivity index is 1.21. The van der Waals surface area contributed by atoms with Gasteiger partial charge in [-0.3, -0.25) is 15.7 Å². The Morgan fingerprint density at radius 1 is 1.15 bits per heavy atom. The van der Waals surface area contributed by atoms with Crippen LogP contribution in [-0.2, 0) is 6.54 Å². The lowest BCUT2D eigenvalue weighted by Crippen LogP contribution is -2.25. The van der Waals surface area contributed by atoms with Crippen molar-refractivity contribution in [2.45, 2.75) is 19.4 Å². The zero-order valence-electron chi connectivity index (χ0n) is 18.4. The first-order valence-electron chi connectivity index (χ1n) is 11.6. The van der Waals surface area contributed by atoms with E-state index in [1.807, 2.05) is 35.0 Å². The van der Waals surface area contributed by atoms with Crippen molar-refractivity contribution in [3.63, 3.8) is 0 Å². The van der Waals surface area contributed by atoms with E-state index in [1.54, 1.807) is 6.33 Å². The lowest BCUT2D eigenvalue weighted by atomic mass is 10.0. The number of benzene rings is 1. The first kappa shape index (κ1) is 20.8. The summed E-state index contributed by atoms with van der Waals surface area (Å²) in [6.07, 6.45) is 5.74. The Bertz CT molecular complexity index is 1200. The monoisotopic (exact) mass is 460 g/mol. The Labute approximate surface area is 197 Å². The molecule has 3 aliphatic rings. The number of likely N-dealkylation sites (tertiary alicyclic amines) is 1. The molecule has 1 aliphatic carbocycles. The van der Waals surface area contributed by atoms with E-state index in [9.17, 15) is 0 Å². The Morgan fingerprint density at radius 2 is 1.97 bits per heavy atom. The summed E-state index contributed by atoms with van der Waals surface area (Å²) in [7, 11) is 0. The fourth-order valence-corrected chi connectivity index (χ4v) is 5.90. The zero-order chi connectivity index (χ0) is 22.4. The highest BCUT2D eigenvalue weighted by atomic mass is 32.2. The molecule has 2 saturated heterocycles. The number of rotatable bonds is 6. The summed E-state index contributed by atoms with van der Waals surface area (Å²) in [5.74, 6) is 2.67. The molecule has 6 rings (SSSR count). The first-order chi connectivity index (χ1) is 16.1. The maximum atomic E-state index is 8.43. The summed E-state index contributed by atoms with van der Waals surface area (Å²) < 4.78 is 1.89. The minimum Gasteiger partial charge on any atom is -0.338 e. The van der Waals surface area contributed by atoms with E-state index >= 15 is 0 Å². The van der Waals surface area contributed by atoms with Gasteiger partial charge in [-0.05, 0) is 61.5 Å². The van der Waals surface area contributed by atoms with Crippen molar-refractivity contribution in [1.29, 1.82) is 10.8 Å². The van der Waals surface area contributed by atoms with Crippen LogP contribution in [0, 0.1) is 28.6 Å². The number of fused-ring (bicyclic) bond motifs is 2. The van der Waals surface area contributed by atoms with Crippen LogP contribution in [0.15, 0.2) is 42.9 Å². The average molecular weight is 461 g/mol. The van der Waals surface area contributed by atoms with Crippen molar-refractivity contribution in [3.05, 3.63) is 54.0 Å². The molecule has 170 valence electrons. The van der Waals surface area contributed by atoms with E-state index < -0.39 is 0 Å². The maximum absolute atomic E-state index is 8.43. The van der Waals surface area contributed by atoms with Gasteiger partial charge in [-0.1, -0.05) is 23.9 Å². The molecule has 3 aromatic rings. The molecular formula is C24H28N8S. The predicted octanol–water partition coefficient (Wildman–Crippen LogP) is 3.57. The Morgan fingerprint density at radius 3 is 2.76 bits per heavy atom. The molecule has 0 amide bonds. The maximum Gasteiger partial charge on any atom is 0.158 e. The standard InChI is InChI=1S/C24H28N8S/c25-22(15-4-5-15)33-23(26)16-2-1-3-20(8-16)30-24-21-17(6-7-32(21)29-14-28-24)11-31-12-18-9-27-10-19(18)13-31/h1-3,6-8,14-15,18-19,25-27H,4-5,9-13H2,(H,28,29,30). The van der Waals surface area contributed by atoms with Crippen LogP contribution in [0.4, 0.5) is 11.5 Å². The largest absolute Gasteiger partial charge is 0.338 e. The summed E-state index contributed by atoms with van der Waals surface area (Å²) in [5.41, 5.74) is 3.92. The van der Waals surface area contributed by atoms with Gasteiger partial charge < -0.3 is 10.6 Å². The third kappa shape index (κ3) is 4.28. The molecule has 8 nitrogen and oxygen atoms in total. The van der Waals surface area contributed by atoms with Gasteiger partial charge in [-0.25, -0.2) is 9.50 Å². The van der Waals surface area contributed by atoms with Crippen molar-refractivity contribution >= 4 is 38.9 Å². The highest BCUT2D eigenvalue weighted by Gasteiger charge is 2.36. The fourth-order valence-electron chi connectivity index (χ4n) is 5.03. The van der Waals surface area contributed by atoms with Gasteiger partial charge in [-0.2, -0.15) is 5.10 Å². The number of hydrogen-bond acceptors (Lipinski definition) is 8. The molecule has 1 aromatic carbocycles. The molecule has 0 spiro atoms. The summed E-state index contributed by atoms with van der Waals surface area (Å²) in [5, 5.41) is 29.0. The van der Waals surface area contributed by atoms with Gasteiger partial charge in [0, 0.05) is 43.0 Å². The van der Waals surface area contributed by atoms with Crippen LogP contribution < -0.4 is 10.6 Å². The summed E-state index contributed by atoms with van der Waals surface area (Å²) in [6, 6.07) is 9.97. The van der Waals surface area contributed by atoms with Crippen molar-refractivity contribution in [3.8, 4) is 0 Å². The second-order valence-electron chi connectivity index (χ2n) is 9.39. The molecule has 9 heteroatoms. The second kappa shape index (κ2) is 8.55. The van der Waals surface area contributed by atoms with Gasteiger partial charge in [0.05, 0.1) is 5.04 Å². The van der Waals surface area contributed by atoms with Gasteiger partial charge in [-0.15, -0.1) is 0 Å². The van der Waals surface area contributed by atoms with E-state index in [4.69, 9.17) is 10.8 Å². The SMILES string of the molecule is N=C(SC(=N)C1CC1)c1cccc(Nc2ncnn3ccc(CN4CC5CNCC5C4)c23)c1. The molecule has 33 heavy (non-hydrogen) atoms. The number of nitrogens with one attached hydrogen (secondary N) is 4. The van der Waals surface area contributed by atoms with Gasteiger partial charge >= 0.3 is 0 Å². The van der Waals surface area contributed by atoms with Gasteiger partial charge in [0.1, 0.15) is 16.9 Å². The van der Waals surface area contributed by atoms with Crippen LogP contribution >= 0.6 is 11.8 Å². The number of anilines is 2. The molecule has 2 aromatic heterocycles. The molecule has 2 atom stereocenters. The number of thioether (sulfide) groups is 1. The first-order valence-corrected chi connectivity index (χ1v) is 12.4. The summed E-state index contributed by atoms with van der Waals surface area (Å²) in [6.45, 7) is 5.46. The van der Waals surface area contributed by atoms with Crippen LogP contribution in [0.2, 0.25) is 0 Å². The van der Waals surface area contributed by atoms with Gasteiger partial charge in [0.2, 0.25) is 0 Å². The van der Waals surface area contributed by atoms with Crippen molar-refractivity contribution in [1.82, 2.24) is 24.8 Å². The molecule has 0 radical (unpaired) electrons. The zero-order valence-corrected chi connectivity index (χ0v) is 19.2. The van der Waals surface area contributed by atoms with Gasteiger partial charge in [0.25, 0.3) is 0 Å². The summed E-state index contributed by atoms with van der Waals surface area (Å²) in [4.78, 5) is 7.11. The van der Waals surface area contributed by atoms with Crippen molar-refractivity contribution < 1.29 is 0 Å². The van der Waals surface area contributed by atoms with E-state index in [1.165, 1.54) is 17.3 Å². The molecule has 4 N–H and O–H groups in total. The molecule has 1 saturated carbocycles. The van der Waals surface area contributed by atoms with Crippen LogP contribution in [-0.4, -0.2) is 55.8 Å².